The first-order valence-corrected chi connectivity index (χ1v) is 6.43. The molecule has 128 valence electrons. The van der Waals surface area contributed by atoms with Crippen molar-refractivity contribution in [2.75, 3.05) is 11.1 Å². The summed E-state index contributed by atoms with van der Waals surface area (Å²) in [6.45, 7) is 0. The van der Waals surface area contributed by atoms with Gasteiger partial charge in [0, 0.05) is 16.9 Å². The Hall–Kier alpha value is -2.71. The molecular weight excluding hydrogens is 338 g/mol. The fourth-order valence-corrected chi connectivity index (χ4v) is 1.91. The van der Waals surface area contributed by atoms with Crippen molar-refractivity contribution in [2.24, 2.45) is 0 Å². The topological polar surface area (TPSA) is 55.1 Å². The normalized spacial score (nSPS) is 12.1. The predicted molar refractivity (Wildman–Crippen MR) is 75.3 cm³/mol. The lowest BCUT2D eigenvalue weighted by Gasteiger charge is -2.15. The lowest BCUT2D eigenvalue weighted by molar-refractivity contribution is -0.143. The molecule has 2 aromatic carbocycles. The molecule has 0 atom stereocenters. The molecule has 24 heavy (non-hydrogen) atoms. The van der Waals surface area contributed by atoms with E-state index in [0.29, 0.717) is 12.1 Å². The number of rotatable bonds is 2. The monoisotopic (exact) mass is 348 g/mol. The fraction of sp³-hybridized carbons (Fsp3) is 0.133. The number of anilines is 2. The molecule has 9 heteroatoms. The van der Waals surface area contributed by atoms with Crippen molar-refractivity contribution in [3.8, 4) is 0 Å². The van der Waals surface area contributed by atoms with Gasteiger partial charge in [-0.3, -0.25) is 4.79 Å². The molecule has 0 saturated heterocycles. The minimum Gasteiger partial charge on any atom is -0.399 e. The summed E-state index contributed by atoms with van der Waals surface area (Å²) >= 11 is 0. The molecule has 0 bridgehead atoms. The smallest absolute Gasteiger partial charge is 0.399 e. The van der Waals surface area contributed by atoms with Gasteiger partial charge in [-0.1, -0.05) is 6.07 Å². The van der Waals surface area contributed by atoms with Gasteiger partial charge in [0.2, 0.25) is 0 Å². The third-order valence-electron chi connectivity index (χ3n) is 2.99. The highest BCUT2D eigenvalue weighted by Gasteiger charge is 2.37. The Kier molecular flexibility index (Phi) is 4.46. The number of nitrogens with two attached hydrogens (primary N) is 1. The molecule has 3 N–H and O–H groups in total. The van der Waals surface area contributed by atoms with Gasteiger partial charge in [-0.15, -0.1) is 0 Å². The Bertz CT molecular complexity index is 735. The van der Waals surface area contributed by atoms with E-state index in [-0.39, 0.29) is 17.3 Å². The summed E-state index contributed by atoms with van der Waals surface area (Å²) in [5.41, 5.74) is 2.05. The number of nitrogen functional groups attached to an aromatic ring is 1. The largest absolute Gasteiger partial charge is 0.416 e. The molecule has 3 nitrogen and oxygen atoms in total. The van der Waals surface area contributed by atoms with Crippen molar-refractivity contribution in [2.45, 2.75) is 12.4 Å². The molecule has 0 spiro atoms. The van der Waals surface area contributed by atoms with Crippen LogP contribution >= 0.6 is 0 Å². The Morgan fingerprint density at radius 1 is 0.875 bits per heavy atom. The van der Waals surface area contributed by atoms with E-state index < -0.39 is 35.1 Å². The predicted octanol–water partition coefficient (Wildman–Crippen LogP) is 4.56. The maximum Gasteiger partial charge on any atom is 0.416 e. The van der Waals surface area contributed by atoms with Gasteiger partial charge in [0.05, 0.1) is 11.1 Å². The first-order chi connectivity index (χ1) is 11.0. The minimum absolute atomic E-state index is 0.000899. The standard InChI is InChI=1S/C15H10F6N2O/c16-14(17,18)9-5-10(15(19,20)21)7-12(6-9)23-13(24)8-2-1-3-11(22)4-8/h1-7H,22H2,(H,23,24). The van der Waals surface area contributed by atoms with Crippen LogP contribution in [0, 0.1) is 0 Å². The Morgan fingerprint density at radius 3 is 1.88 bits per heavy atom. The molecule has 0 unspecified atom stereocenters. The number of nitrogens with one attached hydrogen (secondary N) is 1. The first-order valence-electron chi connectivity index (χ1n) is 6.43. The average molecular weight is 348 g/mol. The molecule has 2 rings (SSSR count). The molecule has 0 aliphatic heterocycles. The average Bonchev–Trinajstić information content (AvgIpc) is 2.45. The summed E-state index contributed by atoms with van der Waals surface area (Å²) in [6.07, 6.45) is -9.98. The van der Waals surface area contributed by atoms with Crippen molar-refractivity contribution in [3.05, 3.63) is 59.2 Å². The number of hydrogen-bond donors (Lipinski definition) is 2. The zero-order valence-electron chi connectivity index (χ0n) is 11.8. The van der Waals surface area contributed by atoms with Gasteiger partial charge in [0.15, 0.2) is 0 Å². The molecular formula is C15H10F6N2O. The van der Waals surface area contributed by atoms with E-state index in [1.54, 1.807) is 0 Å². The van der Waals surface area contributed by atoms with Crippen LogP contribution in [0.4, 0.5) is 37.7 Å². The van der Waals surface area contributed by atoms with Gasteiger partial charge in [-0.2, -0.15) is 26.3 Å². The molecule has 0 saturated carbocycles. The van der Waals surface area contributed by atoms with E-state index in [1.165, 1.54) is 24.3 Å². The summed E-state index contributed by atoms with van der Waals surface area (Å²) in [7, 11) is 0. The number of amides is 1. The van der Waals surface area contributed by atoms with E-state index in [1.807, 2.05) is 5.32 Å². The van der Waals surface area contributed by atoms with Crippen LogP contribution in [0.3, 0.4) is 0 Å². The molecule has 0 radical (unpaired) electrons. The first kappa shape index (κ1) is 17.6. The maximum absolute atomic E-state index is 12.8. The van der Waals surface area contributed by atoms with E-state index in [9.17, 15) is 31.1 Å². The van der Waals surface area contributed by atoms with Gasteiger partial charge < -0.3 is 11.1 Å². The van der Waals surface area contributed by atoms with Crippen molar-refractivity contribution < 1.29 is 31.1 Å². The van der Waals surface area contributed by atoms with Crippen LogP contribution in [-0.2, 0) is 12.4 Å². The summed E-state index contributed by atoms with van der Waals surface area (Å²) < 4.78 is 76.5. The minimum atomic E-state index is -4.99. The fourth-order valence-electron chi connectivity index (χ4n) is 1.91. The van der Waals surface area contributed by atoms with Gasteiger partial charge in [0.1, 0.15) is 0 Å². The van der Waals surface area contributed by atoms with Crippen molar-refractivity contribution in [1.29, 1.82) is 0 Å². The van der Waals surface area contributed by atoms with Crippen LogP contribution in [0.5, 0.6) is 0 Å². The molecule has 0 aliphatic carbocycles. The summed E-state index contributed by atoms with van der Waals surface area (Å²) in [6, 6.07) is 6.31. The number of halogens is 6. The van der Waals surface area contributed by atoms with Crippen LogP contribution in [0.25, 0.3) is 0 Å². The van der Waals surface area contributed by atoms with E-state index in [4.69, 9.17) is 5.73 Å². The molecule has 2 aromatic rings. The number of benzene rings is 2. The lowest BCUT2D eigenvalue weighted by atomic mass is 10.1. The third kappa shape index (κ3) is 4.18. The SMILES string of the molecule is Nc1cccc(C(=O)Nc2cc(C(F)(F)F)cc(C(F)(F)F)c2)c1. The van der Waals surface area contributed by atoms with Gasteiger partial charge in [-0.25, -0.2) is 0 Å². The highest BCUT2D eigenvalue weighted by atomic mass is 19.4. The molecule has 0 heterocycles. The maximum atomic E-state index is 12.8. The highest BCUT2D eigenvalue weighted by Crippen LogP contribution is 2.37. The van der Waals surface area contributed by atoms with Crippen LogP contribution < -0.4 is 11.1 Å². The van der Waals surface area contributed by atoms with E-state index in [2.05, 4.69) is 0 Å². The van der Waals surface area contributed by atoms with E-state index >= 15 is 0 Å². The number of carbonyl (C=O) groups excluding carboxylic acids is 1. The summed E-state index contributed by atoms with van der Waals surface area (Å²) in [5.74, 6) is -0.880. The second-order valence-corrected chi connectivity index (χ2v) is 4.87. The third-order valence-corrected chi connectivity index (χ3v) is 2.99. The Balaban J connectivity index is 2.40. The second kappa shape index (κ2) is 6.06. The zero-order valence-corrected chi connectivity index (χ0v) is 11.8. The van der Waals surface area contributed by atoms with Crippen LogP contribution in [0.15, 0.2) is 42.5 Å². The molecule has 1 amide bonds. The number of alkyl halides is 6. The number of hydrogen-bond acceptors (Lipinski definition) is 2. The summed E-state index contributed by atoms with van der Waals surface area (Å²) in [4.78, 5) is 12.0. The summed E-state index contributed by atoms with van der Waals surface area (Å²) in [5, 5.41) is 2.02. The van der Waals surface area contributed by atoms with Crippen LogP contribution in [0.2, 0.25) is 0 Å². The molecule has 0 fully saturated rings. The van der Waals surface area contributed by atoms with E-state index in [0.717, 1.165) is 0 Å². The molecule has 0 aromatic heterocycles. The Morgan fingerprint density at radius 2 is 1.42 bits per heavy atom. The van der Waals surface area contributed by atoms with Crippen LogP contribution in [-0.4, -0.2) is 5.91 Å². The van der Waals surface area contributed by atoms with Gasteiger partial charge >= 0.3 is 12.4 Å². The van der Waals surface area contributed by atoms with Crippen LogP contribution in [0.1, 0.15) is 21.5 Å². The molecule has 0 aliphatic rings. The quantitative estimate of drug-likeness (QED) is 0.618. The van der Waals surface area contributed by atoms with Crippen molar-refractivity contribution in [3.63, 3.8) is 0 Å². The second-order valence-electron chi connectivity index (χ2n) is 4.87. The number of carbonyl (C=O) groups is 1. The van der Waals surface area contributed by atoms with Gasteiger partial charge in [-0.05, 0) is 36.4 Å². The van der Waals surface area contributed by atoms with Crippen molar-refractivity contribution in [1.82, 2.24) is 0 Å². The Labute approximate surface area is 132 Å². The lowest BCUT2D eigenvalue weighted by Crippen LogP contribution is -2.16. The van der Waals surface area contributed by atoms with Crippen molar-refractivity contribution >= 4 is 17.3 Å². The highest BCUT2D eigenvalue weighted by molar-refractivity contribution is 6.04. The van der Waals surface area contributed by atoms with Gasteiger partial charge in [0.25, 0.3) is 5.91 Å². The zero-order chi connectivity index (χ0) is 18.1.